The zero-order chi connectivity index (χ0) is 18.5. The molecule has 0 aliphatic carbocycles. The summed E-state index contributed by atoms with van der Waals surface area (Å²) in [6.45, 7) is 4.03. The maximum absolute atomic E-state index is 11.5. The average molecular weight is 372 g/mol. The molecule has 1 aliphatic heterocycles. The second-order valence-corrected chi connectivity index (χ2v) is 6.91. The summed E-state index contributed by atoms with van der Waals surface area (Å²) in [7, 11) is 0. The number of piperidine rings is 1. The molecular formula is C19H22ClN5O. The van der Waals surface area contributed by atoms with Crippen molar-refractivity contribution in [3.05, 3.63) is 41.3 Å². The van der Waals surface area contributed by atoms with Crippen molar-refractivity contribution in [2.45, 2.75) is 19.8 Å². The van der Waals surface area contributed by atoms with Gasteiger partial charge in [0.05, 0.1) is 11.0 Å². The van der Waals surface area contributed by atoms with Crippen LogP contribution in [0.15, 0.2) is 30.6 Å². The summed E-state index contributed by atoms with van der Waals surface area (Å²) in [6.07, 6.45) is 6.99. The number of halogens is 1. The van der Waals surface area contributed by atoms with Crippen molar-refractivity contribution in [1.82, 2.24) is 20.2 Å². The first-order valence-electron chi connectivity index (χ1n) is 8.69. The SMILES string of the molecule is CC(=O)N1CCCC(CN/C=C(\C=N)c2cnc3ccc(Cl)nc3c2)C1. The van der Waals surface area contributed by atoms with Crippen molar-refractivity contribution in [2.24, 2.45) is 5.92 Å². The molecular weight excluding hydrogens is 350 g/mol. The van der Waals surface area contributed by atoms with Gasteiger partial charge in [0.15, 0.2) is 0 Å². The van der Waals surface area contributed by atoms with Crippen molar-refractivity contribution in [3.63, 3.8) is 0 Å². The minimum atomic E-state index is 0.138. The molecule has 26 heavy (non-hydrogen) atoms. The second-order valence-electron chi connectivity index (χ2n) is 6.52. The van der Waals surface area contributed by atoms with Crippen LogP contribution < -0.4 is 5.32 Å². The van der Waals surface area contributed by atoms with Crippen molar-refractivity contribution in [3.8, 4) is 0 Å². The molecule has 1 aliphatic rings. The van der Waals surface area contributed by atoms with Crippen LogP contribution in [0.3, 0.4) is 0 Å². The Kier molecular flexibility index (Phi) is 5.83. The number of allylic oxidation sites excluding steroid dienone is 1. The summed E-state index contributed by atoms with van der Waals surface area (Å²) in [5.41, 5.74) is 3.00. The van der Waals surface area contributed by atoms with E-state index in [1.54, 1.807) is 19.2 Å². The van der Waals surface area contributed by atoms with Crippen LogP contribution >= 0.6 is 11.6 Å². The van der Waals surface area contributed by atoms with Crippen molar-refractivity contribution in [1.29, 1.82) is 5.41 Å². The summed E-state index contributed by atoms with van der Waals surface area (Å²) < 4.78 is 0. The Labute approximate surface area is 157 Å². The van der Waals surface area contributed by atoms with Crippen LogP contribution in [0.4, 0.5) is 0 Å². The van der Waals surface area contributed by atoms with Crippen LogP contribution in [0.1, 0.15) is 25.3 Å². The normalized spacial score (nSPS) is 18.0. The molecule has 1 amide bonds. The predicted octanol–water partition coefficient (Wildman–Crippen LogP) is 3.12. The molecule has 1 saturated heterocycles. The monoisotopic (exact) mass is 371 g/mol. The second kappa shape index (κ2) is 8.27. The zero-order valence-corrected chi connectivity index (χ0v) is 15.5. The van der Waals surface area contributed by atoms with E-state index in [0.29, 0.717) is 16.6 Å². The summed E-state index contributed by atoms with van der Waals surface area (Å²) in [6, 6.07) is 5.41. The molecule has 0 bridgehead atoms. The first-order valence-corrected chi connectivity index (χ1v) is 9.07. The van der Waals surface area contributed by atoms with Gasteiger partial charge in [-0.15, -0.1) is 0 Å². The number of rotatable bonds is 5. The van der Waals surface area contributed by atoms with Crippen LogP contribution in [-0.4, -0.2) is 46.6 Å². The molecule has 1 unspecified atom stereocenters. The van der Waals surface area contributed by atoms with Gasteiger partial charge in [-0.25, -0.2) is 4.98 Å². The van der Waals surface area contributed by atoms with E-state index in [0.717, 1.165) is 49.1 Å². The third-order valence-corrected chi connectivity index (χ3v) is 4.83. The first kappa shape index (κ1) is 18.3. The minimum absolute atomic E-state index is 0.138. The zero-order valence-electron chi connectivity index (χ0n) is 14.7. The van der Waals surface area contributed by atoms with Crippen LogP contribution in [0.5, 0.6) is 0 Å². The van der Waals surface area contributed by atoms with Gasteiger partial charge in [0, 0.05) is 56.3 Å². The van der Waals surface area contributed by atoms with Crippen LogP contribution in [-0.2, 0) is 4.79 Å². The number of likely N-dealkylation sites (tertiary alicyclic amines) is 1. The van der Waals surface area contributed by atoms with Crippen LogP contribution in [0.2, 0.25) is 5.15 Å². The lowest BCUT2D eigenvalue weighted by atomic mass is 9.98. The number of carbonyl (C=O) groups is 1. The van der Waals surface area contributed by atoms with Gasteiger partial charge in [-0.3, -0.25) is 9.78 Å². The molecule has 136 valence electrons. The number of hydrogen-bond acceptors (Lipinski definition) is 5. The summed E-state index contributed by atoms with van der Waals surface area (Å²) in [5, 5.41) is 11.4. The lowest BCUT2D eigenvalue weighted by molar-refractivity contribution is -0.130. The fraction of sp³-hybridized carbons (Fsp3) is 0.368. The van der Waals surface area contributed by atoms with E-state index in [9.17, 15) is 4.79 Å². The van der Waals surface area contributed by atoms with Gasteiger partial charge in [0.2, 0.25) is 5.91 Å². The van der Waals surface area contributed by atoms with Gasteiger partial charge in [-0.1, -0.05) is 11.6 Å². The average Bonchev–Trinajstić information content (AvgIpc) is 2.65. The number of nitrogens with zero attached hydrogens (tertiary/aromatic N) is 3. The van der Waals surface area contributed by atoms with E-state index in [-0.39, 0.29) is 5.91 Å². The largest absolute Gasteiger partial charge is 0.390 e. The molecule has 0 aromatic carbocycles. The number of fused-ring (bicyclic) bond motifs is 1. The topological polar surface area (TPSA) is 82.0 Å². The van der Waals surface area contributed by atoms with E-state index in [2.05, 4.69) is 15.3 Å². The van der Waals surface area contributed by atoms with E-state index in [1.807, 2.05) is 23.2 Å². The first-order chi connectivity index (χ1) is 12.6. The quantitative estimate of drug-likeness (QED) is 0.625. The lowest BCUT2D eigenvalue weighted by Crippen LogP contribution is -2.41. The van der Waals surface area contributed by atoms with Gasteiger partial charge >= 0.3 is 0 Å². The molecule has 0 radical (unpaired) electrons. The Hall–Kier alpha value is -2.47. The highest BCUT2D eigenvalue weighted by Crippen LogP contribution is 2.19. The Balaban J connectivity index is 1.68. The Bertz CT molecular complexity index is 851. The number of aromatic nitrogens is 2. The third kappa shape index (κ3) is 4.38. The highest BCUT2D eigenvalue weighted by atomic mass is 35.5. The van der Waals surface area contributed by atoms with Crippen LogP contribution in [0.25, 0.3) is 16.6 Å². The molecule has 3 heterocycles. The molecule has 1 fully saturated rings. The van der Waals surface area contributed by atoms with Crippen molar-refractivity contribution < 1.29 is 4.79 Å². The Morgan fingerprint density at radius 1 is 1.46 bits per heavy atom. The number of pyridine rings is 2. The van der Waals surface area contributed by atoms with E-state index < -0.39 is 0 Å². The molecule has 3 rings (SSSR count). The number of amides is 1. The van der Waals surface area contributed by atoms with Crippen molar-refractivity contribution in [2.75, 3.05) is 19.6 Å². The van der Waals surface area contributed by atoms with Gasteiger partial charge in [0.25, 0.3) is 0 Å². The Morgan fingerprint density at radius 3 is 3.08 bits per heavy atom. The van der Waals surface area contributed by atoms with E-state index in [4.69, 9.17) is 17.0 Å². The number of carbonyl (C=O) groups excluding carboxylic acids is 1. The van der Waals surface area contributed by atoms with Gasteiger partial charge in [0.1, 0.15) is 5.15 Å². The van der Waals surface area contributed by atoms with Gasteiger partial charge < -0.3 is 15.6 Å². The fourth-order valence-corrected chi connectivity index (χ4v) is 3.36. The number of hydrogen-bond donors (Lipinski definition) is 2. The molecule has 2 aromatic heterocycles. The molecule has 0 spiro atoms. The third-order valence-electron chi connectivity index (χ3n) is 4.62. The smallest absolute Gasteiger partial charge is 0.219 e. The summed E-state index contributed by atoms with van der Waals surface area (Å²) in [4.78, 5) is 22.1. The number of nitrogens with one attached hydrogen (secondary N) is 2. The van der Waals surface area contributed by atoms with E-state index in [1.165, 1.54) is 6.21 Å². The van der Waals surface area contributed by atoms with Crippen molar-refractivity contribution >= 4 is 40.3 Å². The van der Waals surface area contributed by atoms with Gasteiger partial charge in [-0.2, -0.15) is 0 Å². The molecule has 0 saturated carbocycles. The van der Waals surface area contributed by atoms with Gasteiger partial charge in [-0.05, 0) is 37.0 Å². The summed E-state index contributed by atoms with van der Waals surface area (Å²) >= 11 is 5.95. The highest BCUT2D eigenvalue weighted by molar-refractivity contribution is 6.29. The standard InChI is InChI=1S/C19H22ClN5O/c1-13(26)25-6-2-3-14(12-25)9-22-10-16(8-21)15-7-18-17(23-11-15)4-5-19(20)24-18/h4-5,7-8,10-11,14,21-22H,2-3,6,9,12H2,1H3/b16-10+,21-8?. The minimum Gasteiger partial charge on any atom is -0.390 e. The highest BCUT2D eigenvalue weighted by Gasteiger charge is 2.20. The van der Waals surface area contributed by atoms with Crippen LogP contribution in [0, 0.1) is 11.3 Å². The molecule has 2 N–H and O–H groups in total. The maximum Gasteiger partial charge on any atom is 0.219 e. The molecule has 1 atom stereocenters. The maximum atomic E-state index is 11.5. The lowest BCUT2D eigenvalue weighted by Gasteiger charge is -2.32. The molecule has 2 aromatic rings. The molecule has 7 heteroatoms. The Morgan fingerprint density at radius 2 is 2.31 bits per heavy atom. The summed E-state index contributed by atoms with van der Waals surface area (Å²) in [5.74, 6) is 0.560. The fourth-order valence-electron chi connectivity index (χ4n) is 3.20. The molecule has 6 nitrogen and oxygen atoms in total. The van der Waals surface area contributed by atoms with E-state index >= 15 is 0 Å². The predicted molar refractivity (Wildman–Crippen MR) is 104 cm³/mol.